The van der Waals surface area contributed by atoms with E-state index in [0.29, 0.717) is 0 Å². The third kappa shape index (κ3) is 26.7. The minimum atomic E-state index is -0.856. The van der Waals surface area contributed by atoms with Gasteiger partial charge in [0.2, 0.25) is 0 Å². The summed E-state index contributed by atoms with van der Waals surface area (Å²) in [6.07, 6.45) is 0. The molecule has 1 rings (SSSR count). The molecule has 5 heteroatoms. The number of hydrogen-bond acceptors (Lipinski definition) is 0. The molecule has 0 bridgehead atoms. The van der Waals surface area contributed by atoms with E-state index in [1.165, 1.54) is 0 Å². The number of hydrogen-bond donors (Lipinski definition) is 0. The molecule has 0 amide bonds. The van der Waals surface area contributed by atoms with Gasteiger partial charge in [0.05, 0.1) is 0 Å². The van der Waals surface area contributed by atoms with Crippen LogP contribution in [0.1, 0.15) is 0 Å². The van der Waals surface area contributed by atoms with E-state index >= 15 is 0 Å². The third-order valence-electron chi connectivity index (χ3n) is 1.42. The molecule has 98 valence electrons. The van der Waals surface area contributed by atoms with Crippen LogP contribution in [0.5, 0.6) is 0 Å². The quantitative estimate of drug-likeness (QED) is 0.422. The predicted molar refractivity (Wildman–Crippen MR) is 73.0 cm³/mol. The minimum absolute atomic E-state index is 0. The number of halogens is 2. The van der Waals surface area contributed by atoms with E-state index in [1.807, 2.05) is 30.3 Å². The van der Waals surface area contributed by atoms with Crippen LogP contribution in [-0.4, -0.2) is 16.1 Å². The summed E-state index contributed by atoms with van der Waals surface area (Å²) in [5, 5.41) is 0. The molecule has 0 aliphatic rings. The van der Waals surface area contributed by atoms with Gasteiger partial charge in [0.25, 0.3) is 0 Å². The smallest absolute Gasteiger partial charge is 1.00 e. The molecule has 0 aromatic heterocycles. The average Bonchev–Trinajstić information content (AvgIpc) is 2.29. The van der Waals surface area contributed by atoms with Crippen molar-refractivity contribution in [1.29, 1.82) is 0 Å². The van der Waals surface area contributed by atoms with Crippen molar-refractivity contribution in [3.8, 4) is 0 Å². The first kappa shape index (κ1) is 26.7. The maximum absolute atomic E-state index is 2.65. The zero-order valence-corrected chi connectivity index (χ0v) is 17.7. The second-order valence-electron chi connectivity index (χ2n) is 5.84. The summed E-state index contributed by atoms with van der Waals surface area (Å²) in [7, 11) is -1.71. The van der Waals surface area contributed by atoms with E-state index in [4.69, 9.17) is 0 Å². The summed E-state index contributed by atoms with van der Waals surface area (Å²) in [5.41, 5.74) is 2.65. The maximum Gasteiger partial charge on any atom is 4.00 e. The van der Waals surface area contributed by atoms with Crippen molar-refractivity contribution >= 4 is 16.1 Å². The molecule has 1 aromatic carbocycles. The predicted octanol–water partition coefficient (Wildman–Crippen LogP) is -1.64. The summed E-state index contributed by atoms with van der Waals surface area (Å²) in [6.45, 7) is 14.4. The SMILES string of the molecule is C[Si](C)(C)[CH-][Si](C)(C)C.[Cl-].[Cl-].[Zr+4].c1cc[cH-]c1. The van der Waals surface area contributed by atoms with Gasteiger partial charge in [-0.2, -0.15) is 18.2 Å². The summed E-state index contributed by atoms with van der Waals surface area (Å²) < 4.78 is 0. The Kier molecular flexibility index (Phi) is 19.3. The van der Waals surface area contributed by atoms with Crippen LogP contribution in [-0.2, 0) is 26.2 Å². The summed E-state index contributed by atoms with van der Waals surface area (Å²) in [4.78, 5) is 0. The van der Waals surface area contributed by atoms with Crippen molar-refractivity contribution in [3.63, 3.8) is 0 Å². The van der Waals surface area contributed by atoms with Gasteiger partial charge < -0.3 is 30.5 Å². The largest absolute Gasteiger partial charge is 4.00 e. The van der Waals surface area contributed by atoms with Crippen LogP contribution in [0.15, 0.2) is 30.3 Å². The summed E-state index contributed by atoms with van der Waals surface area (Å²) >= 11 is 0. The molecule has 17 heavy (non-hydrogen) atoms. The van der Waals surface area contributed by atoms with Crippen LogP contribution >= 0.6 is 0 Å². The second-order valence-corrected chi connectivity index (χ2v) is 16.5. The van der Waals surface area contributed by atoms with Crippen LogP contribution in [0, 0.1) is 5.67 Å². The maximum atomic E-state index is 2.65. The molecular weight excluding hydrogens is 362 g/mol. The van der Waals surface area contributed by atoms with E-state index in [9.17, 15) is 0 Å². The monoisotopic (exact) mass is 384 g/mol. The number of rotatable bonds is 2. The first-order valence-corrected chi connectivity index (χ1v) is 12.4. The Labute approximate surface area is 141 Å². The van der Waals surface area contributed by atoms with Gasteiger partial charge in [0, 0.05) is 0 Å². The molecule has 0 spiro atoms. The van der Waals surface area contributed by atoms with Gasteiger partial charge in [-0.3, -0.25) is 0 Å². The molecule has 0 saturated heterocycles. The van der Waals surface area contributed by atoms with Gasteiger partial charge in [-0.1, -0.05) is 39.3 Å². The Hall–Kier alpha value is 1.25. The topological polar surface area (TPSA) is 0 Å². The van der Waals surface area contributed by atoms with Crippen LogP contribution in [0.3, 0.4) is 0 Å². The molecular formula is C12H24Cl2Si2Zr. The fourth-order valence-electron chi connectivity index (χ4n) is 1.62. The van der Waals surface area contributed by atoms with E-state index in [-0.39, 0.29) is 51.0 Å². The Balaban J connectivity index is -0.0000000921. The van der Waals surface area contributed by atoms with E-state index in [2.05, 4.69) is 44.9 Å². The average molecular weight is 387 g/mol. The normalized spacial score (nSPS) is 9.76. The molecule has 0 atom stereocenters. The first-order valence-electron chi connectivity index (χ1n) is 5.24. The summed E-state index contributed by atoms with van der Waals surface area (Å²) in [6, 6.07) is 10.0. The van der Waals surface area contributed by atoms with Gasteiger partial charge in [0.15, 0.2) is 0 Å². The second kappa shape index (κ2) is 12.3. The van der Waals surface area contributed by atoms with E-state index < -0.39 is 16.1 Å². The van der Waals surface area contributed by atoms with Gasteiger partial charge in [-0.25, -0.2) is 12.1 Å². The standard InChI is InChI=1S/C7H19Si2.C5H5.2ClH.Zr/c1-8(2,3)7-9(4,5)6;1-2-4-5-3-1;;;/h7H,1-6H3;1-5H;2*1H;/q2*-1;;;+4/p-2. The molecule has 0 fully saturated rings. The van der Waals surface area contributed by atoms with Gasteiger partial charge in [-0.05, 0) is 0 Å². The van der Waals surface area contributed by atoms with Gasteiger partial charge in [0.1, 0.15) is 0 Å². The van der Waals surface area contributed by atoms with Crippen LogP contribution in [0.4, 0.5) is 0 Å². The van der Waals surface area contributed by atoms with Crippen molar-refractivity contribution in [2.24, 2.45) is 0 Å². The van der Waals surface area contributed by atoms with Gasteiger partial charge in [-0.15, -0.1) is 16.1 Å². The Morgan fingerprint density at radius 3 is 1.12 bits per heavy atom. The Morgan fingerprint density at radius 1 is 0.765 bits per heavy atom. The minimum Gasteiger partial charge on any atom is -1.00 e. The van der Waals surface area contributed by atoms with Crippen LogP contribution < -0.4 is 24.8 Å². The molecule has 0 radical (unpaired) electrons. The zero-order chi connectivity index (χ0) is 11.2. The van der Waals surface area contributed by atoms with Crippen molar-refractivity contribution in [3.05, 3.63) is 36.0 Å². The van der Waals surface area contributed by atoms with Crippen molar-refractivity contribution in [2.75, 3.05) is 0 Å². The summed E-state index contributed by atoms with van der Waals surface area (Å²) in [5.74, 6) is 0. The third-order valence-corrected chi connectivity index (χ3v) is 8.35. The molecule has 0 unspecified atom stereocenters. The Bertz CT molecular complexity index is 196. The Morgan fingerprint density at radius 2 is 1.06 bits per heavy atom. The molecule has 0 saturated carbocycles. The molecule has 0 nitrogen and oxygen atoms in total. The van der Waals surface area contributed by atoms with Crippen molar-refractivity contribution in [2.45, 2.75) is 39.3 Å². The van der Waals surface area contributed by atoms with E-state index in [1.54, 1.807) is 0 Å². The molecule has 1 aromatic rings. The zero-order valence-electron chi connectivity index (χ0n) is 11.7. The van der Waals surface area contributed by atoms with Crippen LogP contribution in [0.2, 0.25) is 39.3 Å². The molecule has 0 heterocycles. The molecule has 0 aliphatic heterocycles. The van der Waals surface area contributed by atoms with E-state index in [0.717, 1.165) is 0 Å². The fraction of sp³-hybridized carbons (Fsp3) is 0.500. The van der Waals surface area contributed by atoms with Crippen molar-refractivity contribution in [1.82, 2.24) is 0 Å². The fourth-order valence-corrected chi connectivity index (χ4v) is 12.0. The van der Waals surface area contributed by atoms with Gasteiger partial charge >= 0.3 is 26.2 Å². The molecule has 0 N–H and O–H groups in total. The van der Waals surface area contributed by atoms with Crippen LogP contribution in [0.25, 0.3) is 0 Å². The van der Waals surface area contributed by atoms with Crippen molar-refractivity contribution < 1.29 is 51.0 Å². The first-order chi connectivity index (χ1) is 6.21. The molecule has 0 aliphatic carbocycles.